The standard InChI is InChI=1S/C27H30N2O4/c1-18-8-10-21(16-24(18)28)20-11-14-22(15-12-20)32-26(30)6-4-3-5-7-27(31)33-23-13-9-19(2)25(29)17-23/h8-17H,3-7,28-29H2,1-2H3. The average Bonchev–Trinajstić information content (AvgIpc) is 2.78. The third kappa shape index (κ3) is 7.10. The molecule has 0 fully saturated rings. The number of benzene rings is 3. The summed E-state index contributed by atoms with van der Waals surface area (Å²) >= 11 is 0. The van der Waals surface area contributed by atoms with Gasteiger partial charge >= 0.3 is 11.9 Å². The number of carbonyl (C=O) groups is 2. The minimum atomic E-state index is -0.309. The molecule has 3 aromatic carbocycles. The van der Waals surface area contributed by atoms with E-state index in [9.17, 15) is 9.59 Å². The molecule has 172 valence electrons. The maximum atomic E-state index is 12.1. The second kappa shape index (κ2) is 11.2. The van der Waals surface area contributed by atoms with Gasteiger partial charge < -0.3 is 20.9 Å². The van der Waals surface area contributed by atoms with Crippen LogP contribution in [0.15, 0.2) is 60.7 Å². The number of anilines is 2. The third-order valence-electron chi connectivity index (χ3n) is 5.44. The lowest BCUT2D eigenvalue weighted by molar-refractivity contribution is -0.134. The number of hydrogen-bond donors (Lipinski definition) is 2. The van der Waals surface area contributed by atoms with E-state index in [0.717, 1.165) is 34.4 Å². The van der Waals surface area contributed by atoms with Gasteiger partial charge in [0, 0.05) is 30.3 Å². The maximum Gasteiger partial charge on any atom is 0.311 e. The number of ether oxygens (including phenoxy) is 2. The van der Waals surface area contributed by atoms with Gasteiger partial charge in [-0.05, 0) is 73.2 Å². The van der Waals surface area contributed by atoms with Crippen molar-refractivity contribution in [1.82, 2.24) is 0 Å². The number of rotatable bonds is 9. The molecule has 0 bridgehead atoms. The zero-order valence-electron chi connectivity index (χ0n) is 19.1. The van der Waals surface area contributed by atoms with Gasteiger partial charge in [0.25, 0.3) is 0 Å². The molecule has 0 saturated carbocycles. The molecule has 3 rings (SSSR count). The molecule has 0 atom stereocenters. The molecule has 6 heteroatoms. The highest BCUT2D eigenvalue weighted by Gasteiger charge is 2.09. The number of esters is 2. The molecule has 0 radical (unpaired) electrons. The molecule has 4 N–H and O–H groups in total. The Morgan fingerprint density at radius 2 is 1.12 bits per heavy atom. The molecule has 0 saturated heterocycles. The van der Waals surface area contributed by atoms with Gasteiger partial charge in [0.05, 0.1) is 0 Å². The number of nitrogens with two attached hydrogens (primary N) is 2. The van der Waals surface area contributed by atoms with Crippen LogP contribution in [-0.2, 0) is 9.59 Å². The van der Waals surface area contributed by atoms with Crippen molar-refractivity contribution < 1.29 is 19.1 Å². The minimum absolute atomic E-state index is 0.286. The van der Waals surface area contributed by atoms with Crippen LogP contribution in [0.4, 0.5) is 11.4 Å². The lowest BCUT2D eigenvalue weighted by Crippen LogP contribution is -2.09. The van der Waals surface area contributed by atoms with E-state index in [2.05, 4.69) is 0 Å². The van der Waals surface area contributed by atoms with Crippen LogP contribution in [0.3, 0.4) is 0 Å². The number of hydrogen-bond acceptors (Lipinski definition) is 6. The van der Waals surface area contributed by atoms with Crippen molar-refractivity contribution in [2.24, 2.45) is 0 Å². The molecule has 6 nitrogen and oxygen atoms in total. The van der Waals surface area contributed by atoms with Gasteiger partial charge in [0.15, 0.2) is 0 Å². The summed E-state index contributed by atoms with van der Waals surface area (Å²) in [4.78, 5) is 24.1. The quantitative estimate of drug-likeness (QED) is 0.192. The molecule has 0 heterocycles. The highest BCUT2D eigenvalue weighted by atomic mass is 16.5. The predicted molar refractivity (Wildman–Crippen MR) is 131 cm³/mol. The Morgan fingerprint density at radius 3 is 1.70 bits per heavy atom. The fourth-order valence-corrected chi connectivity index (χ4v) is 3.30. The van der Waals surface area contributed by atoms with Gasteiger partial charge in [-0.3, -0.25) is 9.59 Å². The van der Waals surface area contributed by atoms with Crippen molar-refractivity contribution in [1.29, 1.82) is 0 Å². The Labute approximate surface area is 194 Å². The monoisotopic (exact) mass is 446 g/mol. The van der Waals surface area contributed by atoms with Gasteiger partial charge in [0.2, 0.25) is 0 Å². The number of unbranched alkanes of at least 4 members (excludes halogenated alkanes) is 2. The first-order valence-corrected chi connectivity index (χ1v) is 11.1. The second-order valence-corrected chi connectivity index (χ2v) is 8.12. The smallest absolute Gasteiger partial charge is 0.311 e. The van der Waals surface area contributed by atoms with Gasteiger partial charge in [-0.15, -0.1) is 0 Å². The van der Waals surface area contributed by atoms with Crippen LogP contribution in [0.2, 0.25) is 0 Å². The van der Waals surface area contributed by atoms with Crippen molar-refractivity contribution >= 4 is 23.3 Å². The van der Waals surface area contributed by atoms with Gasteiger partial charge in [-0.2, -0.15) is 0 Å². The Bertz CT molecular complexity index is 1120. The highest BCUT2D eigenvalue weighted by molar-refractivity contribution is 5.74. The van der Waals surface area contributed by atoms with Crippen LogP contribution in [0.5, 0.6) is 11.5 Å². The SMILES string of the molecule is Cc1ccc(OC(=O)CCCCCC(=O)Oc2ccc(-c3ccc(C)c(N)c3)cc2)cc1N. The molecule has 3 aromatic rings. The molecule has 0 aliphatic rings. The van der Waals surface area contributed by atoms with Crippen LogP contribution in [-0.4, -0.2) is 11.9 Å². The molecule has 0 spiro atoms. The van der Waals surface area contributed by atoms with Crippen molar-refractivity contribution in [3.8, 4) is 22.6 Å². The molecule has 33 heavy (non-hydrogen) atoms. The maximum absolute atomic E-state index is 12.1. The lowest BCUT2D eigenvalue weighted by Gasteiger charge is -2.08. The zero-order chi connectivity index (χ0) is 23.8. The zero-order valence-corrected chi connectivity index (χ0v) is 19.1. The van der Waals surface area contributed by atoms with E-state index in [1.165, 1.54) is 0 Å². The first-order valence-electron chi connectivity index (χ1n) is 11.1. The molecule has 0 aliphatic heterocycles. The summed E-state index contributed by atoms with van der Waals surface area (Å²) in [5.41, 5.74) is 17.1. The van der Waals surface area contributed by atoms with E-state index >= 15 is 0 Å². The van der Waals surface area contributed by atoms with Crippen molar-refractivity contribution in [3.63, 3.8) is 0 Å². The molecule has 0 aromatic heterocycles. The van der Waals surface area contributed by atoms with Crippen molar-refractivity contribution in [3.05, 3.63) is 71.8 Å². The molecule has 0 amide bonds. The summed E-state index contributed by atoms with van der Waals surface area (Å²) in [5, 5.41) is 0. The first-order chi connectivity index (χ1) is 15.8. The lowest BCUT2D eigenvalue weighted by atomic mass is 10.0. The Morgan fingerprint density at radius 1 is 0.636 bits per heavy atom. The highest BCUT2D eigenvalue weighted by Crippen LogP contribution is 2.26. The van der Waals surface area contributed by atoms with Crippen LogP contribution >= 0.6 is 0 Å². The molecule has 0 aliphatic carbocycles. The van der Waals surface area contributed by atoms with Crippen molar-refractivity contribution in [2.75, 3.05) is 11.5 Å². The summed E-state index contributed by atoms with van der Waals surface area (Å²) < 4.78 is 10.7. The topological polar surface area (TPSA) is 105 Å². The van der Waals surface area contributed by atoms with Crippen LogP contribution in [0.25, 0.3) is 11.1 Å². The predicted octanol–water partition coefficient (Wildman–Crippen LogP) is 5.60. The minimum Gasteiger partial charge on any atom is -0.427 e. The Kier molecular flexibility index (Phi) is 8.08. The fourth-order valence-electron chi connectivity index (χ4n) is 3.30. The van der Waals surface area contributed by atoms with E-state index in [0.29, 0.717) is 36.4 Å². The van der Waals surface area contributed by atoms with E-state index in [1.54, 1.807) is 24.3 Å². The fraction of sp³-hybridized carbons (Fsp3) is 0.259. The average molecular weight is 447 g/mol. The number of carbonyl (C=O) groups excluding carboxylic acids is 2. The molecular weight excluding hydrogens is 416 g/mol. The summed E-state index contributed by atoms with van der Waals surface area (Å²) in [5.74, 6) is 0.351. The number of aryl methyl sites for hydroxylation is 2. The summed E-state index contributed by atoms with van der Waals surface area (Å²) in [6.45, 7) is 3.86. The largest absolute Gasteiger partial charge is 0.427 e. The number of nitrogen functional groups attached to an aromatic ring is 2. The van der Waals surface area contributed by atoms with Crippen LogP contribution < -0.4 is 20.9 Å². The summed E-state index contributed by atoms with van der Waals surface area (Å²) in [7, 11) is 0. The van der Waals surface area contributed by atoms with Crippen LogP contribution in [0.1, 0.15) is 43.2 Å². The molecule has 0 unspecified atom stereocenters. The first kappa shape index (κ1) is 23.9. The molecular formula is C27H30N2O4. The van der Waals surface area contributed by atoms with E-state index in [1.807, 2.05) is 50.2 Å². The van der Waals surface area contributed by atoms with Gasteiger partial charge in [0.1, 0.15) is 11.5 Å². The van der Waals surface area contributed by atoms with Gasteiger partial charge in [-0.25, -0.2) is 0 Å². The Hall–Kier alpha value is -3.80. The summed E-state index contributed by atoms with van der Waals surface area (Å²) in [6.07, 6.45) is 2.59. The van der Waals surface area contributed by atoms with E-state index in [-0.39, 0.29) is 18.4 Å². The summed E-state index contributed by atoms with van der Waals surface area (Å²) in [6, 6.07) is 18.5. The Balaban J connectivity index is 1.36. The third-order valence-corrected chi connectivity index (χ3v) is 5.44. The van der Waals surface area contributed by atoms with Crippen molar-refractivity contribution in [2.45, 2.75) is 46.0 Å². The van der Waals surface area contributed by atoms with Crippen LogP contribution in [0, 0.1) is 13.8 Å². The normalized spacial score (nSPS) is 10.6. The van der Waals surface area contributed by atoms with E-state index in [4.69, 9.17) is 20.9 Å². The van der Waals surface area contributed by atoms with E-state index < -0.39 is 0 Å². The van der Waals surface area contributed by atoms with Gasteiger partial charge in [-0.1, -0.05) is 36.8 Å². The second-order valence-electron chi connectivity index (χ2n) is 8.12.